The number of nitrogens with two attached hydrogens (primary N) is 1. The minimum Gasteiger partial charge on any atom is -0.457 e. The summed E-state index contributed by atoms with van der Waals surface area (Å²) in [5.74, 6) is 1.63. The quantitative estimate of drug-likeness (QED) is 0.919. The van der Waals surface area contributed by atoms with E-state index in [-0.39, 0.29) is 5.41 Å². The Bertz CT molecular complexity index is 600. The van der Waals surface area contributed by atoms with Crippen LogP contribution >= 0.6 is 0 Å². The maximum Gasteiger partial charge on any atom is 0.135 e. The molecule has 0 amide bonds. The Balaban J connectivity index is 2.31. The largest absolute Gasteiger partial charge is 0.457 e. The van der Waals surface area contributed by atoms with Gasteiger partial charge in [-0.2, -0.15) is 0 Å². The second-order valence-corrected chi connectivity index (χ2v) is 6.02. The molecular formula is C17H22N2O. The zero-order valence-electron chi connectivity index (χ0n) is 12.6. The third kappa shape index (κ3) is 3.17. The van der Waals surface area contributed by atoms with Crippen LogP contribution in [0.4, 0.5) is 0 Å². The fourth-order valence-corrected chi connectivity index (χ4v) is 2.02. The van der Waals surface area contributed by atoms with Gasteiger partial charge in [0.1, 0.15) is 11.5 Å². The molecule has 3 nitrogen and oxygen atoms in total. The van der Waals surface area contributed by atoms with E-state index in [1.807, 2.05) is 12.1 Å². The van der Waals surface area contributed by atoms with Crippen LogP contribution in [0, 0.1) is 6.92 Å². The molecule has 0 saturated heterocycles. The fourth-order valence-electron chi connectivity index (χ4n) is 2.02. The second-order valence-electron chi connectivity index (χ2n) is 6.02. The fraction of sp³-hybridized carbons (Fsp3) is 0.353. The van der Waals surface area contributed by atoms with E-state index >= 15 is 0 Å². The normalized spacial score (nSPS) is 11.4. The average molecular weight is 270 g/mol. The Hall–Kier alpha value is -1.87. The van der Waals surface area contributed by atoms with Crippen LogP contribution in [0.3, 0.4) is 0 Å². The number of hydrogen-bond donors (Lipinski definition) is 1. The molecule has 3 heteroatoms. The third-order valence-electron chi connectivity index (χ3n) is 3.34. The van der Waals surface area contributed by atoms with E-state index in [0.717, 1.165) is 22.6 Å². The Labute approximate surface area is 120 Å². The molecule has 20 heavy (non-hydrogen) atoms. The summed E-state index contributed by atoms with van der Waals surface area (Å²) in [7, 11) is 0. The van der Waals surface area contributed by atoms with Crippen molar-refractivity contribution in [3.8, 4) is 11.5 Å². The van der Waals surface area contributed by atoms with Gasteiger partial charge in [0.15, 0.2) is 0 Å². The van der Waals surface area contributed by atoms with Crippen LogP contribution in [0.2, 0.25) is 0 Å². The molecule has 0 unspecified atom stereocenters. The highest BCUT2D eigenvalue weighted by Gasteiger charge is 2.15. The topological polar surface area (TPSA) is 48.1 Å². The van der Waals surface area contributed by atoms with Crippen LogP contribution in [-0.4, -0.2) is 4.98 Å². The molecule has 2 rings (SSSR count). The molecule has 1 aromatic heterocycles. The highest BCUT2D eigenvalue weighted by Crippen LogP contribution is 2.31. The molecule has 1 heterocycles. The number of nitrogens with zero attached hydrogens (tertiary/aromatic N) is 1. The molecule has 2 aromatic rings. The number of aromatic nitrogens is 1. The van der Waals surface area contributed by atoms with Crippen molar-refractivity contribution < 1.29 is 4.74 Å². The van der Waals surface area contributed by atoms with Crippen molar-refractivity contribution >= 4 is 0 Å². The van der Waals surface area contributed by atoms with Crippen molar-refractivity contribution in [1.82, 2.24) is 4.98 Å². The van der Waals surface area contributed by atoms with Gasteiger partial charge < -0.3 is 10.5 Å². The van der Waals surface area contributed by atoms with Crippen molar-refractivity contribution in [3.63, 3.8) is 0 Å². The minimum atomic E-state index is 0.141. The van der Waals surface area contributed by atoms with Gasteiger partial charge >= 0.3 is 0 Å². The summed E-state index contributed by atoms with van der Waals surface area (Å²) >= 11 is 0. The lowest BCUT2D eigenvalue weighted by atomic mass is 9.86. The lowest BCUT2D eigenvalue weighted by molar-refractivity contribution is 0.470. The standard InChI is InChI=1S/C17H22N2O/c1-12-9-14(17(2,3)4)5-6-15(12)20-16-7-8-19-11-13(16)10-18/h5-9,11H,10,18H2,1-4H3. The number of aryl methyl sites for hydroxylation is 1. The molecule has 0 atom stereocenters. The van der Waals surface area contributed by atoms with Crippen LogP contribution in [0.5, 0.6) is 11.5 Å². The minimum absolute atomic E-state index is 0.141. The van der Waals surface area contributed by atoms with Crippen molar-refractivity contribution in [2.45, 2.75) is 39.7 Å². The van der Waals surface area contributed by atoms with E-state index in [4.69, 9.17) is 10.5 Å². The van der Waals surface area contributed by atoms with E-state index in [1.165, 1.54) is 5.56 Å². The molecule has 0 aliphatic rings. The van der Waals surface area contributed by atoms with E-state index in [0.29, 0.717) is 6.54 Å². The molecule has 0 bridgehead atoms. The van der Waals surface area contributed by atoms with Crippen LogP contribution in [0.15, 0.2) is 36.7 Å². The predicted molar refractivity (Wildman–Crippen MR) is 82.1 cm³/mol. The third-order valence-corrected chi connectivity index (χ3v) is 3.34. The van der Waals surface area contributed by atoms with Gasteiger partial charge in [-0.15, -0.1) is 0 Å². The number of ether oxygens (including phenoxy) is 1. The maximum absolute atomic E-state index is 5.98. The lowest BCUT2D eigenvalue weighted by Crippen LogP contribution is -2.11. The Kier molecular flexibility index (Phi) is 4.09. The highest BCUT2D eigenvalue weighted by atomic mass is 16.5. The number of rotatable bonds is 3. The molecule has 0 saturated carbocycles. The summed E-state index contributed by atoms with van der Waals surface area (Å²) in [5.41, 5.74) is 9.18. The van der Waals surface area contributed by atoms with Gasteiger partial charge in [0.2, 0.25) is 0 Å². The Morgan fingerprint density at radius 1 is 1.15 bits per heavy atom. The van der Waals surface area contributed by atoms with Gasteiger partial charge in [0, 0.05) is 24.5 Å². The van der Waals surface area contributed by atoms with Gasteiger partial charge in [-0.3, -0.25) is 4.98 Å². The first kappa shape index (κ1) is 14.5. The highest BCUT2D eigenvalue weighted by molar-refractivity contribution is 5.42. The summed E-state index contributed by atoms with van der Waals surface area (Å²) in [6.45, 7) is 9.10. The van der Waals surface area contributed by atoms with E-state index < -0.39 is 0 Å². The van der Waals surface area contributed by atoms with Gasteiger partial charge in [-0.1, -0.05) is 32.9 Å². The zero-order valence-corrected chi connectivity index (χ0v) is 12.6. The molecule has 1 aromatic carbocycles. The Morgan fingerprint density at radius 3 is 2.50 bits per heavy atom. The first-order valence-electron chi connectivity index (χ1n) is 6.84. The summed E-state index contributed by atoms with van der Waals surface area (Å²) < 4.78 is 5.98. The van der Waals surface area contributed by atoms with Crippen molar-refractivity contribution in [1.29, 1.82) is 0 Å². The van der Waals surface area contributed by atoms with E-state index in [2.05, 4.69) is 44.8 Å². The molecular weight excluding hydrogens is 248 g/mol. The number of pyridine rings is 1. The van der Waals surface area contributed by atoms with Crippen LogP contribution < -0.4 is 10.5 Å². The smallest absolute Gasteiger partial charge is 0.135 e. The van der Waals surface area contributed by atoms with Gasteiger partial charge in [0.25, 0.3) is 0 Å². The molecule has 0 radical (unpaired) electrons. The van der Waals surface area contributed by atoms with Gasteiger partial charge in [-0.25, -0.2) is 0 Å². The molecule has 0 aliphatic carbocycles. The summed E-state index contributed by atoms with van der Waals surface area (Å²) in [6.07, 6.45) is 3.46. The maximum atomic E-state index is 5.98. The lowest BCUT2D eigenvalue weighted by Gasteiger charge is -2.20. The first-order valence-corrected chi connectivity index (χ1v) is 6.84. The zero-order chi connectivity index (χ0) is 14.8. The summed E-state index contributed by atoms with van der Waals surface area (Å²) in [4.78, 5) is 4.07. The molecule has 2 N–H and O–H groups in total. The van der Waals surface area contributed by atoms with Crippen molar-refractivity contribution in [3.05, 3.63) is 53.3 Å². The van der Waals surface area contributed by atoms with Crippen LogP contribution in [-0.2, 0) is 12.0 Å². The molecule has 0 fully saturated rings. The Morgan fingerprint density at radius 2 is 1.90 bits per heavy atom. The number of hydrogen-bond acceptors (Lipinski definition) is 3. The van der Waals surface area contributed by atoms with Crippen molar-refractivity contribution in [2.75, 3.05) is 0 Å². The summed E-state index contributed by atoms with van der Waals surface area (Å²) in [5, 5.41) is 0. The van der Waals surface area contributed by atoms with Crippen LogP contribution in [0.25, 0.3) is 0 Å². The van der Waals surface area contributed by atoms with E-state index in [1.54, 1.807) is 12.4 Å². The second kappa shape index (κ2) is 5.63. The monoisotopic (exact) mass is 270 g/mol. The average Bonchev–Trinajstić information content (AvgIpc) is 2.40. The molecule has 0 aliphatic heterocycles. The van der Waals surface area contributed by atoms with Crippen LogP contribution in [0.1, 0.15) is 37.5 Å². The number of benzene rings is 1. The molecule has 106 valence electrons. The van der Waals surface area contributed by atoms with Crippen molar-refractivity contribution in [2.24, 2.45) is 5.73 Å². The predicted octanol–water partition coefficient (Wildman–Crippen LogP) is 3.94. The van der Waals surface area contributed by atoms with E-state index in [9.17, 15) is 0 Å². The first-order chi connectivity index (χ1) is 9.41. The summed E-state index contributed by atoms with van der Waals surface area (Å²) in [6, 6.07) is 8.17. The molecule has 0 spiro atoms. The van der Waals surface area contributed by atoms with Gasteiger partial charge in [0.05, 0.1) is 0 Å². The SMILES string of the molecule is Cc1cc(C(C)(C)C)ccc1Oc1ccncc1CN. The van der Waals surface area contributed by atoms with Gasteiger partial charge in [-0.05, 0) is 35.6 Å².